The van der Waals surface area contributed by atoms with Crippen LogP contribution in [0.15, 0.2) is 0 Å². The number of nitrogens with two attached hydrogens (primary N) is 1. The van der Waals surface area contributed by atoms with Crippen LogP contribution in [0.3, 0.4) is 0 Å². The largest absolute Gasteiger partial charge is 0.356 e. The van der Waals surface area contributed by atoms with Crippen molar-refractivity contribution in [3.8, 4) is 0 Å². The molecule has 1 amide bonds. The number of hydrogen-bond acceptors (Lipinski definition) is 2. The minimum atomic E-state index is 0.124. The Balaban J connectivity index is 3.49. The second-order valence-corrected chi connectivity index (χ2v) is 3.70. The van der Waals surface area contributed by atoms with Crippen molar-refractivity contribution in [2.75, 3.05) is 6.54 Å². The number of hydrogen-bond donors (Lipinski definition) is 2. The van der Waals surface area contributed by atoms with Crippen LogP contribution in [-0.2, 0) is 4.79 Å². The Bertz CT molecular complexity index is 146. The molecule has 2 atom stereocenters. The molecule has 0 aliphatic carbocycles. The molecule has 0 aliphatic rings. The van der Waals surface area contributed by atoms with E-state index in [1.807, 2.05) is 20.8 Å². The molecule has 0 aliphatic heterocycles. The lowest BCUT2D eigenvalue weighted by atomic mass is 10.0. The van der Waals surface area contributed by atoms with Crippen LogP contribution in [0.4, 0.5) is 0 Å². The van der Waals surface area contributed by atoms with Crippen LogP contribution >= 0.6 is 0 Å². The molecule has 0 fully saturated rings. The van der Waals surface area contributed by atoms with E-state index in [2.05, 4.69) is 5.32 Å². The molecule has 3 N–H and O–H groups in total. The first-order valence-corrected chi connectivity index (χ1v) is 5.11. The second kappa shape index (κ2) is 6.89. The molecule has 0 aromatic carbocycles. The van der Waals surface area contributed by atoms with E-state index in [1.165, 1.54) is 0 Å². The number of carbonyl (C=O) groups excluding carboxylic acids is 1. The average molecular weight is 186 g/mol. The summed E-state index contributed by atoms with van der Waals surface area (Å²) in [7, 11) is 0. The highest BCUT2D eigenvalue weighted by Crippen LogP contribution is 2.08. The number of carbonyl (C=O) groups is 1. The molecule has 0 aromatic heterocycles. The highest BCUT2D eigenvalue weighted by atomic mass is 16.1. The molecule has 0 aromatic rings. The zero-order valence-electron chi connectivity index (χ0n) is 8.97. The standard InChI is InChI=1S/C10H22N2O/c1-4-12-10(13)8(2)6-5-7-9(3)11/h8-9H,4-7,11H2,1-3H3,(H,12,13). The molecule has 13 heavy (non-hydrogen) atoms. The molecule has 3 nitrogen and oxygen atoms in total. The fraction of sp³-hybridized carbons (Fsp3) is 0.900. The minimum Gasteiger partial charge on any atom is -0.356 e. The Hall–Kier alpha value is -0.570. The summed E-state index contributed by atoms with van der Waals surface area (Å²) >= 11 is 0. The molecule has 3 heteroatoms. The highest BCUT2D eigenvalue weighted by molar-refractivity contribution is 5.78. The number of amides is 1. The van der Waals surface area contributed by atoms with E-state index in [0.29, 0.717) is 0 Å². The van der Waals surface area contributed by atoms with E-state index in [1.54, 1.807) is 0 Å². The predicted molar refractivity (Wildman–Crippen MR) is 55.3 cm³/mol. The van der Waals surface area contributed by atoms with Gasteiger partial charge in [-0.2, -0.15) is 0 Å². The smallest absolute Gasteiger partial charge is 0.222 e. The Kier molecular flexibility index (Phi) is 6.59. The summed E-state index contributed by atoms with van der Waals surface area (Å²) in [6.07, 6.45) is 2.98. The third-order valence-corrected chi connectivity index (χ3v) is 2.10. The maximum absolute atomic E-state index is 11.3. The van der Waals surface area contributed by atoms with Gasteiger partial charge in [-0.3, -0.25) is 4.79 Å². The van der Waals surface area contributed by atoms with Crippen molar-refractivity contribution in [3.63, 3.8) is 0 Å². The van der Waals surface area contributed by atoms with Crippen molar-refractivity contribution in [2.24, 2.45) is 11.7 Å². The van der Waals surface area contributed by atoms with Gasteiger partial charge < -0.3 is 11.1 Å². The zero-order chi connectivity index (χ0) is 10.3. The summed E-state index contributed by atoms with van der Waals surface area (Å²) in [4.78, 5) is 11.3. The first kappa shape index (κ1) is 12.4. The fourth-order valence-corrected chi connectivity index (χ4v) is 1.23. The van der Waals surface area contributed by atoms with Crippen LogP contribution in [-0.4, -0.2) is 18.5 Å². The highest BCUT2D eigenvalue weighted by Gasteiger charge is 2.10. The van der Waals surface area contributed by atoms with E-state index in [0.717, 1.165) is 25.8 Å². The molecule has 0 saturated carbocycles. The Morgan fingerprint density at radius 1 is 1.38 bits per heavy atom. The third-order valence-electron chi connectivity index (χ3n) is 2.10. The molecule has 2 unspecified atom stereocenters. The van der Waals surface area contributed by atoms with Gasteiger partial charge in [0.05, 0.1) is 0 Å². The summed E-state index contributed by atoms with van der Waals surface area (Å²) in [5.41, 5.74) is 5.61. The number of rotatable bonds is 6. The lowest BCUT2D eigenvalue weighted by Gasteiger charge is -2.11. The van der Waals surface area contributed by atoms with Crippen molar-refractivity contribution < 1.29 is 4.79 Å². The minimum absolute atomic E-state index is 0.124. The van der Waals surface area contributed by atoms with Crippen LogP contribution in [0, 0.1) is 5.92 Å². The molecular weight excluding hydrogens is 164 g/mol. The Morgan fingerprint density at radius 3 is 2.46 bits per heavy atom. The maximum atomic E-state index is 11.3. The lowest BCUT2D eigenvalue weighted by molar-refractivity contribution is -0.124. The van der Waals surface area contributed by atoms with E-state index < -0.39 is 0 Å². The van der Waals surface area contributed by atoms with Gasteiger partial charge in [0.2, 0.25) is 5.91 Å². The van der Waals surface area contributed by atoms with E-state index in [9.17, 15) is 4.79 Å². The van der Waals surface area contributed by atoms with Crippen LogP contribution < -0.4 is 11.1 Å². The van der Waals surface area contributed by atoms with Gasteiger partial charge in [0.1, 0.15) is 0 Å². The van der Waals surface area contributed by atoms with Crippen molar-refractivity contribution in [1.82, 2.24) is 5.32 Å². The van der Waals surface area contributed by atoms with Gasteiger partial charge in [0.15, 0.2) is 0 Å². The van der Waals surface area contributed by atoms with Crippen molar-refractivity contribution >= 4 is 5.91 Å². The van der Waals surface area contributed by atoms with Gasteiger partial charge >= 0.3 is 0 Å². The van der Waals surface area contributed by atoms with Crippen molar-refractivity contribution in [1.29, 1.82) is 0 Å². The fourth-order valence-electron chi connectivity index (χ4n) is 1.23. The van der Waals surface area contributed by atoms with E-state index in [-0.39, 0.29) is 17.9 Å². The molecule has 0 heterocycles. The summed E-state index contributed by atoms with van der Waals surface area (Å²) in [6.45, 7) is 6.62. The summed E-state index contributed by atoms with van der Waals surface area (Å²) in [5.74, 6) is 0.283. The van der Waals surface area contributed by atoms with Crippen molar-refractivity contribution in [2.45, 2.75) is 46.1 Å². The molecule has 78 valence electrons. The molecule has 0 rings (SSSR count). The molecular formula is C10H22N2O. The predicted octanol–water partition coefficient (Wildman–Crippen LogP) is 1.28. The maximum Gasteiger partial charge on any atom is 0.222 e. The van der Waals surface area contributed by atoms with Gasteiger partial charge in [-0.05, 0) is 26.7 Å². The van der Waals surface area contributed by atoms with Crippen LogP contribution in [0.25, 0.3) is 0 Å². The average Bonchev–Trinajstić information content (AvgIpc) is 2.04. The monoisotopic (exact) mass is 186 g/mol. The first-order valence-electron chi connectivity index (χ1n) is 5.11. The summed E-state index contributed by atoms with van der Waals surface area (Å²) in [6, 6.07) is 0.251. The number of nitrogens with one attached hydrogen (secondary N) is 1. The summed E-state index contributed by atoms with van der Waals surface area (Å²) in [5, 5.41) is 2.81. The van der Waals surface area contributed by atoms with Crippen molar-refractivity contribution in [3.05, 3.63) is 0 Å². The first-order chi connectivity index (χ1) is 6.07. The quantitative estimate of drug-likeness (QED) is 0.656. The van der Waals surface area contributed by atoms with Gasteiger partial charge in [0, 0.05) is 18.5 Å². The summed E-state index contributed by atoms with van der Waals surface area (Å²) < 4.78 is 0. The zero-order valence-corrected chi connectivity index (χ0v) is 8.97. The van der Waals surface area contributed by atoms with Crippen LogP contribution in [0.5, 0.6) is 0 Å². The Labute approximate surface area is 81.1 Å². The lowest BCUT2D eigenvalue weighted by Crippen LogP contribution is -2.29. The van der Waals surface area contributed by atoms with Gasteiger partial charge in [-0.15, -0.1) is 0 Å². The molecule has 0 bridgehead atoms. The van der Waals surface area contributed by atoms with Gasteiger partial charge in [-0.1, -0.05) is 13.3 Å². The van der Waals surface area contributed by atoms with Crippen LogP contribution in [0.1, 0.15) is 40.0 Å². The topological polar surface area (TPSA) is 55.1 Å². The SMILES string of the molecule is CCNC(=O)C(C)CCCC(C)N. The normalized spacial score (nSPS) is 15.1. The molecule has 0 radical (unpaired) electrons. The molecule has 0 saturated heterocycles. The van der Waals surface area contributed by atoms with Gasteiger partial charge in [-0.25, -0.2) is 0 Å². The second-order valence-electron chi connectivity index (χ2n) is 3.70. The Morgan fingerprint density at radius 2 is 2.00 bits per heavy atom. The van der Waals surface area contributed by atoms with E-state index in [4.69, 9.17) is 5.73 Å². The molecule has 0 spiro atoms. The third kappa shape index (κ3) is 6.58. The van der Waals surface area contributed by atoms with E-state index >= 15 is 0 Å². The van der Waals surface area contributed by atoms with Gasteiger partial charge in [0.25, 0.3) is 0 Å². The van der Waals surface area contributed by atoms with Crippen LogP contribution in [0.2, 0.25) is 0 Å².